The Bertz CT molecular complexity index is 2160. The Labute approximate surface area is 506 Å². The Morgan fingerprint density at radius 1 is 0.409 bits per heavy atom. The van der Waals surface area contributed by atoms with Gasteiger partial charge in [-0.05, 0) is 82.5 Å². The lowest BCUT2D eigenvalue weighted by Crippen LogP contribution is -2.65. The van der Waals surface area contributed by atoms with Gasteiger partial charge in [0.25, 0.3) is 0 Å². The van der Waals surface area contributed by atoms with Crippen LogP contribution in [0.5, 0.6) is 0 Å². The molecule has 4 saturated carbocycles. The Morgan fingerprint density at radius 2 is 0.784 bits per heavy atom. The van der Waals surface area contributed by atoms with Crippen LogP contribution in [-0.2, 0) is 57.0 Å². The van der Waals surface area contributed by atoms with Crippen molar-refractivity contribution in [2.75, 3.05) is 26.4 Å². The fourth-order valence-corrected chi connectivity index (χ4v) is 13.7. The van der Waals surface area contributed by atoms with Crippen LogP contribution in [0.3, 0.4) is 0 Å². The van der Waals surface area contributed by atoms with E-state index in [1.807, 2.05) is 0 Å². The standard InChI is InChI=1S/C57H90O31/c58-18-34-41(66)45(70)49(74)54(85-34)80-27-15-29(62)28-17-33(84-57-50(75)46(71)42(67)35(19-59)86-57)53(81-30(28)16-27)24-13-31(82-55-51(76)47(72)43(68)36(87-55)20-78-38(63)11-5-22-1-7-25(60)8-2-22)40(65)32(14-24)83-56-52(77)48(73)44(69)37(88-56)21-79-39(64)12-6-23-3-9-26(61)10-4-23/h5-6,11-12,22-37,40-62,65-77H,1-4,7-10,13-21H2/p+1/t22?,23?,24?,25?,26?,27?,28?,29?,30?,31?,32?,33?,34-,35-,36-,37-,40?,41-,42-,43-,44-,45+,46+,47+,48+,49-,50-,51-,52-,53?,54-,55-,56-,57-/m1/s1. The van der Waals surface area contributed by atoms with Crippen molar-refractivity contribution in [1.82, 2.24) is 0 Å². The van der Waals surface area contributed by atoms with E-state index in [9.17, 15) is 102 Å². The summed E-state index contributed by atoms with van der Waals surface area (Å²) in [6, 6.07) is 0. The predicted octanol–water partition coefficient (Wildman–Crippen LogP) is -7.75. The van der Waals surface area contributed by atoms with Crippen LogP contribution in [0.4, 0.5) is 0 Å². The van der Waals surface area contributed by atoms with Gasteiger partial charge in [-0.3, -0.25) is 0 Å². The van der Waals surface area contributed by atoms with Crippen LogP contribution in [0.15, 0.2) is 24.3 Å². The Kier molecular flexibility index (Phi) is 24.6. The summed E-state index contributed by atoms with van der Waals surface area (Å²) in [4.78, 5) is 25.8. The van der Waals surface area contributed by atoms with Crippen LogP contribution >= 0.6 is 0 Å². The number of fused-ring (bicyclic) bond motifs is 1. The molecule has 5 heterocycles. The van der Waals surface area contributed by atoms with Crippen molar-refractivity contribution in [3.8, 4) is 0 Å². The molecule has 31 heteroatoms. The number of allylic oxidation sites excluding steroid dienone is 2. The van der Waals surface area contributed by atoms with Crippen LogP contribution in [0.2, 0.25) is 0 Å². The highest BCUT2D eigenvalue weighted by Crippen LogP contribution is 2.45. The van der Waals surface area contributed by atoms with Crippen LogP contribution in [0.25, 0.3) is 0 Å². The minimum atomic E-state index is -2.05. The highest BCUT2D eigenvalue weighted by Gasteiger charge is 2.59. The Balaban J connectivity index is 0.985. The fraction of sp³-hybridized carbons (Fsp3) is 0.895. The number of aliphatic hydroxyl groups is 20. The maximum Gasteiger partial charge on any atom is 0.330 e. The van der Waals surface area contributed by atoms with E-state index in [0.717, 1.165) is 0 Å². The molecular formula is C57H91O31+. The van der Waals surface area contributed by atoms with Gasteiger partial charge in [0, 0.05) is 30.9 Å². The van der Waals surface area contributed by atoms with Crippen LogP contribution in [0.1, 0.15) is 83.5 Å². The molecular weight excluding hydrogens is 1180 g/mol. The van der Waals surface area contributed by atoms with Crippen LogP contribution in [-0.4, -0.2) is 319 Å². The normalized spacial score (nSPS) is 49.7. The average Bonchev–Trinajstić information content (AvgIpc) is 1.49. The maximum absolute atomic E-state index is 12.9. The lowest BCUT2D eigenvalue weighted by atomic mass is 9.72. The number of hydrogen-bond donors (Lipinski definition) is 18. The number of carbonyl (C=O) groups excluding carboxylic acids is 2. The topological polar surface area (TPSA) is 503 Å². The zero-order valence-corrected chi connectivity index (χ0v) is 48.4. The smallest absolute Gasteiger partial charge is 0.330 e. The summed E-state index contributed by atoms with van der Waals surface area (Å²) >= 11 is 0. The SMILES string of the molecule is O=C(C=CC1CCC(O)CC1)OC[C@H]1O[C@@H](OC2CC(C3[OH+]C4CC(O[C@@H]5O[C@H](CO)[C@@H](O)[C@H](O)[C@H]5O)CC(O)C4CC3O[C@@H]3O[C@H](CO)[C@@H](O)[C@H](O)[C@H]3O)CC(O[C@@H]3O[C@H](COC(=O)C=CC4CCC(O)CC4)[C@@H](O)[C@H](O)[C@H]3O)C2O)[C@H](O)[C@@H](O)[C@@H]1O. The molecule has 504 valence electrons. The molecule has 0 amide bonds. The quantitative estimate of drug-likeness (QED) is 0.0324. The van der Waals surface area contributed by atoms with Gasteiger partial charge in [-0.15, -0.1) is 0 Å². The molecule has 9 rings (SSSR count). The third-order valence-corrected chi connectivity index (χ3v) is 19.1. The van der Waals surface area contributed by atoms with Gasteiger partial charge < -0.3 is 144 Å². The van der Waals surface area contributed by atoms with Crippen molar-refractivity contribution in [1.29, 1.82) is 0 Å². The second-order valence-electron chi connectivity index (χ2n) is 25.2. The van der Waals surface area contributed by atoms with E-state index in [4.69, 9.17) is 52.1 Å². The maximum atomic E-state index is 12.9. The van der Waals surface area contributed by atoms with Gasteiger partial charge in [-0.2, -0.15) is 0 Å². The van der Waals surface area contributed by atoms with Gasteiger partial charge in [0.05, 0.1) is 55.8 Å². The number of aliphatic hydroxyl groups excluding tert-OH is 18. The molecule has 5 aliphatic heterocycles. The van der Waals surface area contributed by atoms with Crippen molar-refractivity contribution >= 4 is 11.9 Å². The zero-order chi connectivity index (χ0) is 63.4. The van der Waals surface area contributed by atoms with Crippen molar-refractivity contribution in [2.24, 2.45) is 23.7 Å². The summed E-state index contributed by atoms with van der Waals surface area (Å²) in [5, 5.41) is 196. The van der Waals surface area contributed by atoms with E-state index in [-0.39, 0.29) is 43.9 Å². The van der Waals surface area contributed by atoms with Gasteiger partial charge in [0.15, 0.2) is 37.4 Å². The first kappa shape index (κ1) is 69.7. The lowest BCUT2D eigenvalue weighted by Gasteiger charge is -2.51. The Hall–Kier alpha value is -2.66. The molecule has 0 aromatic carbocycles. The summed E-state index contributed by atoms with van der Waals surface area (Å²) in [6.07, 6.45) is -37.7. The molecule has 9 aliphatic rings. The van der Waals surface area contributed by atoms with E-state index in [1.54, 1.807) is 12.2 Å². The summed E-state index contributed by atoms with van der Waals surface area (Å²) in [5.74, 6) is -3.46. The van der Waals surface area contributed by atoms with Gasteiger partial charge in [-0.25, -0.2) is 9.59 Å². The first-order valence-corrected chi connectivity index (χ1v) is 30.7. The van der Waals surface area contributed by atoms with Crippen molar-refractivity contribution in [3.63, 3.8) is 0 Å². The molecule has 4 aliphatic carbocycles. The highest BCUT2D eigenvalue weighted by molar-refractivity contribution is 5.82. The zero-order valence-electron chi connectivity index (χ0n) is 48.4. The first-order chi connectivity index (χ1) is 41.9. The molecule has 0 spiro atoms. The third kappa shape index (κ3) is 16.4. The molecule has 0 aromatic rings. The highest BCUT2D eigenvalue weighted by atomic mass is 16.7. The number of carbonyl (C=O) groups is 2. The molecule has 19 N–H and O–H groups in total. The number of rotatable bonds is 19. The van der Waals surface area contributed by atoms with Gasteiger partial charge in [-0.1, -0.05) is 12.2 Å². The molecule has 0 aromatic heterocycles. The van der Waals surface area contributed by atoms with E-state index < -0.39 is 234 Å². The molecule has 0 bridgehead atoms. The van der Waals surface area contributed by atoms with Gasteiger partial charge in [0.2, 0.25) is 0 Å². The molecule has 31 nitrogen and oxygen atoms in total. The van der Waals surface area contributed by atoms with Crippen molar-refractivity contribution < 1.29 is 154 Å². The molecule has 0 radical (unpaired) electrons. The van der Waals surface area contributed by atoms with Crippen molar-refractivity contribution in [3.05, 3.63) is 24.3 Å². The van der Waals surface area contributed by atoms with Crippen molar-refractivity contribution in [2.45, 2.75) is 267 Å². The van der Waals surface area contributed by atoms with Gasteiger partial charge in [0.1, 0.15) is 123 Å². The number of hydrogen-bond acceptors (Lipinski definition) is 30. The van der Waals surface area contributed by atoms with E-state index in [2.05, 4.69) is 0 Å². The Morgan fingerprint density at radius 3 is 1.19 bits per heavy atom. The summed E-state index contributed by atoms with van der Waals surface area (Å²) in [7, 11) is 0. The first-order valence-electron chi connectivity index (χ1n) is 30.7. The van der Waals surface area contributed by atoms with E-state index in [0.29, 0.717) is 51.4 Å². The van der Waals surface area contributed by atoms with Crippen LogP contribution < -0.4 is 0 Å². The lowest BCUT2D eigenvalue weighted by molar-refractivity contribution is -0.369. The molecule has 5 saturated heterocycles. The largest absolute Gasteiger partial charge is 0.460 e. The van der Waals surface area contributed by atoms with Gasteiger partial charge >= 0.3 is 11.9 Å². The number of ether oxygens (including phenoxy) is 11. The molecule has 88 heavy (non-hydrogen) atoms. The van der Waals surface area contributed by atoms with E-state index >= 15 is 0 Å². The number of esters is 2. The monoisotopic (exact) mass is 1270 g/mol. The fourth-order valence-electron chi connectivity index (χ4n) is 13.7. The second kappa shape index (κ2) is 31.1. The molecule has 28 atom stereocenters. The van der Waals surface area contributed by atoms with Crippen LogP contribution in [0, 0.1) is 23.7 Å². The van der Waals surface area contributed by atoms with E-state index in [1.165, 1.54) is 12.2 Å². The summed E-state index contributed by atoms with van der Waals surface area (Å²) in [6.45, 7) is -2.93. The molecule has 8 unspecified atom stereocenters. The minimum absolute atomic E-state index is 0.00407. The summed E-state index contributed by atoms with van der Waals surface area (Å²) < 4.78 is 64.5. The average molecular weight is 1270 g/mol. The summed E-state index contributed by atoms with van der Waals surface area (Å²) in [5.41, 5.74) is 0. The minimum Gasteiger partial charge on any atom is -0.460 e. The molecule has 9 fully saturated rings. The third-order valence-electron chi connectivity index (χ3n) is 19.1. The second-order valence-corrected chi connectivity index (χ2v) is 25.2. The predicted molar refractivity (Wildman–Crippen MR) is 288 cm³/mol.